The summed E-state index contributed by atoms with van der Waals surface area (Å²) in [5, 5.41) is 8.02. The first-order valence-corrected chi connectivity index (χ1v) is 8.84. The van der Waals surface area contributed by atoms with Gasteiger partial charge in [0, 0.05) is 12.1 Å². The molecule has 1 aliphatic heterocycles. The Balaban J connectivity index is 1.80. The molecular weight excluding hydrogens is 387 g/mol. The quantitative estimate of drug-likeness (QED) is 0.681. The molecule has 29 heavy (non-hydrogen) atoms. The first-order valence-electron chi connectivity index (χ1n) is 8.84. The second kappa shape index (κ2) is 7.23. The van der Waals surface area contributed by atoms with Crippen LogP contribution in [0.25, 0.3) is 16.9 Å². The number of nitrogens with zero attached hydrogens (tertiary/aromatic N) is 2. The third kappa shape index (κ3) is 3.55. The van der Waals surface area contributed by atoms with Crippen LogP contribution >= 0.6 is 0 Å². The maximum atomic E-state index is 12.4. The van der Waals surface area contributed by atoms with Crippen LogP contribution in [-0.4, -0.2) is 36.9 Å². The summed E-state index contributed by atoms with van der Waals surface area (Å²) in [5.74, 6) is 1.75. The molecule has 3 aromatic rings. The molecule has 0 saturated carbocycles. The molecule has 0 spiro atoms. The van der Waals surface area contributed by atoms with Gasteiger partial charge in [0.1, 0.15) is 28.8 Å². The van der Waals surface area contributed by atoms with Crippen LogP contribution in [0.2, 0.25) is 0 Å². The molecule has 0 amide bonds. The van der Waals surface area contributed by atoms with Crippen LogP contribution in [-0.2, 0) is 6.42 Å². The van der Waals surface area contributed by atoms with E-state index in [1.54, 1.807) is 18.9 Å². The summed E-state index contributed by atoms with van der Waals surface area (Å²) in [4.78, 5) is 0. The van der Waals surface area contributed by atoms with Gasteiger partial charge in [0.25, 0.3) is 0 Å². The summed E-state index contributed by atoms with van der Waals surface area (Å²) in [7, 11) is 3.15. The first kappa shape index (κ1) is 19.0. The minimum Gasteiger partial charge on any atom is -0.496 e. The number of hydrogen-bond donors (Lipinski definition) is 1. The molecule has 0 bridgehead atoms. The van der Waals surface area contributed by atoms with E-state index in [4.69, 9.17) is 14.6 Å². The van der Waals surface area contributed by atoms with E-state index in [2.05, 4.69) is 10.1 Å². The summed E-state index contributed by atoms with van der Waals surface area (Å²) in [6, 6.07) is 11.1. The van der Waals surface area contributed by atoms with Crippen LogP contribution in [0.1, 0.15) is 5.56 Å². The smallest absolute Gasteiger partial charge is 0.496 e. The van der Waals surface area contributed by atoms with Crippen LogP contribution < -0.4 is 19.5 Å². The van der Waals surface area contributed by atoms with Crippen LogP contribution in [0.4, 0.5) is 19.0 Å². The second-order valence-electron chi connectivity index (χ2n) is 6.34. The Kier molecular flexibility index (Phi) is 4.73. The van der Waals surface area contributed by atoms with Crippen molar-refractivity contribution in [1.82, 2.24) is 9.78 Å². The van der Waals surface area contributed by atoms with Gasteiger partial charge in [0.05, 0.1) is 25.5 Å². The molecule has 4 rings (SSSR count). The van der Waals surface area contributed by atoms with E-state index in [9.17, 15) is 13.2 Å². The Morgan fingerprint density at radius 3 is 2.24 bits per heavy atom. The van der Waals surface area contributed by atoms with Crippen LogP contribution in [0.3, 0.4) is 0 Å². The van der Waals surface area contributed by atoms with Crippen LogP contribution in [0.15, 0.2) is 42.5 Å². The largest absolute Gasteiger partial charge is 0.573 e. The van der Waals surface area contributed by atoms with Crippen LogP contribution in [0, 0.1) is 0 Å². The molecule has 9 heteroatoms. The summed E-state index contributed by atoms with van der Waals surface area (Å²) < 4.78 is 53.8. The summed E-state index contributed by atoms with van der Waals surface area (Å²) >= 11 is 0. The summed E-state index contributed by atoms with van der Waals surface area (Å²) in [6.07, 6.45) is -3.98. The average molecular weight is 405 g/mol. The van der Waals surface area contributed by atoms with Gasteiger partial charge in [-0.25, -0.2) is 4.68 Å². The van der Waals surface area contributed by atoms with Gasteiger partial charge in [-0.15, -0.1) is 13.2 Å². The van der Waals surface area contributed by atoms with Crippen molar-refractivity contribution in [2.75, 3.05) is 26.1 Å². The molecule has 2 aromatic carbocycles. The van der Waals surface area contributed by atoms with E-state index >= 15 is 0 Å². The number of methoxy groups -OCH3 is 2. The Morgan fingerprint density at radius 2 is 1.66 bits per heavy atom. The fourth-order valence-electron chi connectivity index (χ4n) is 3.44. The van der Waals surface area contributed by atoms with E-state index < -0.39 is 6.36 Å². The highest BCUT2D eigenvalue weighted by Crippen LogP contribution is 2.43. The Bertz CT molecular complexity index is 1010. The monoisotopic (exact) mass is 405 g/mol. The molecule has 0 aliphatic carbocycles. The first-order chi connectivity index (χ1) is 13.9. The van der Waals surface area contributed by atoms with Gasteiger partial charge in [0.2, 0.25) is 0 Å². The zero-order valence-electron chi connectivity index (χ0n) is 15.7. The second-order valence-corrected chi connectivity index (χ2v) is 6.34. The molecule has 0 radical (unpaired) electrons. The van der Waals surface area contributed by atoms with E-state index in [-0.39, 0.29) is 5.75 Å². The van der Waals surface area contributed by atoms with Gasteiger partial charge in [-0.1, -0.05) is 6.07 Å². The molecule has 0 unspecified atom stereocenters. The van der Waals surface area contributed by atoms with Crippen molar-refractivity contribution in [3.05, 3.63) is 48.0 Å². The predicted octanol–water partition coefficient (Wildman–Crippen LogP) is 4.42. The number of benzene rings is 2. The van der Waals surface area contributed by atoms with Crippen molar-refractivity contribution in [3.8, 4) is 34.2 Å². The van der Waals surface area contributed by atoms with Gasteiger partial charge in [-0.05, 0) is 42.8 Å². The SMILES string of the molecule is COc1cccc(OC)c1-c1nn(-c2ccc(OC(F)(F)F)cc2)c2c1CCN2. The molecule has 2 heterocycles. The third-order valence-corrected chi connectivity index (χ3v) is 4.63. The van der Waals surface area contributed by atoms with Crippen molar-refractivity contribution in [2.24, 2.45) is 0 Å². The number of rotatable bonds is 5. The van der Waals surface area contributed by atoms with E-state index in [1.165, 1.54) is 24.3 Å². The molecule has 1 aromatic heterocycles. The topological polar surface area (TPSA) is 57.5 Å². The van der Waals surface area contributed by atoms with E-state index in [0.717, 1.165) is 29.9 Å². The Morgan fingerprint density at radius 1 is 1.00 bits per heavy atom. The van der Waals surface area contributed by atoms with E-state index in [1.807, 2.05) is 18.2 Å². The Hall–Kier alpha value is -3.36. The summed E-state index contributed by atoms with van der Waals surface area (Å²) in [5.41, 5.74) is 3.02. The normalized spacial score (nSPS) is 13.0. The van der Waals surface area contributed by atoms with Crippen molar-refractivity contribution >= 4 is 5.82 Å². The fraction of sp³-hybridized carbons (Fsp3) is 0.250. The average Bonchev–Trinajstić information content (AvgIpc) is 3.29. The van der Waals surface area contributed by atoms with Crippen molar-refractivity contribution in [1.29, 1.82) is 0 Å². The zero-order valence-corrected chi connectivity index (χ0v) is 15.7. The van der Waals surface area contributed by atoms with Crippen LogP contribution in [0.5, 0.6) is 17.2 Å². The Labute approximate surface area is 164 Å². The number of anilines is 1. The highest BCUT2D eigenvalue weighted by Gasteiger charge is 2.31. The maximum absolute atomic E-state index is 12.4. The highest BCUT2D eigenvalue weighted by atomic mass is 19.4. The van der Waals surface area contributed by atoms with Gasteiger partial charge >= 0.3 is 6.36 Å². The number of hydrogen-bond acceptors (Lipinski definition) is 5. The third-order valence-electron chi connectivity index (χ3n) is 4.63. The standard InChI is InChI=1S/C20H18F3N3O3/c1-27-15-4-3-5-16(28-2)17(15)18-14-10-11-24-19(14)26(25-18)12-6-8-13(9-7-12)29-20(21,22)23/h3-9,24H,10-11H2,1-2H3. The maximum Gasteiger partial charge on any atom is 0.573 e. The van der Waals surface area contributed by atoms with Crippen molar-refractivity contribution in [2.45, 2.75) is 12.8 Å². The number of nitrogens with one attached hydrogen (secondary N) is 1. The predicted molar refractivity (Wildman–Crippen MR) is 101 cm³/mol. The summed E-state index contributed by atoms with van der Waals surface area (Å²) in [6.45, 7) is 0.729. The number of ether oxygens (including phenoxy) is 3. The molecular formula is C20H18F3N3O3. The van der Waals surface area contributed by atoms with E-state index in [0.29, 0.717) is 22.9 Å². The molecule has 6 nitrogen and oxygen atoms in total. The molecule has 0 saturated heterocycles. The molecule has 1 N–H and O–H groups in total. The lowest BCUT2D eigenvalue weighted by atomic mass is 10.0. The van der Waals surface area contributed by atoms with Crippen molar-refractivity contribution < 1.29 is 27.4 Å². The molecule has 1 aliphatic rings. The lowest BCUT2D eigenvalue weighted by Crippen LogP contribution is -2.17. The lowest BCUT2D eigenvalue weighted by Gasteiger charge is -2.12. The molecule has 0 atom stereocenters. The minimum absolute atomic E-state index is 0.287. The van der Waals surface area contributed by atoms with Gasteiger partial charge in [-0.3, -0.25) is 0 Å². The zero-order chi connectivity index (χ0) is 20.6. The lowest BCUT2D eigenvalue weighted by molar-refractivity contribution is -0.274. The highest BCUT2D eigenvalue weighted by molar-refractivity contribution is 5.81. The number of aromatic nitrogens is 2. The minimum atomic E-state index is -4.73. The van der Waals surface area contributed by atoms with Gasteiger partial charge < -0.3 is 19.5 Å². The van der Waals surface area contributed by atoms with Gasteiger partial charge in [0.15, 0.2) is 0 Å². The van der Waals surface area contributed by atoms with Gasteiger partial charge in [-0.2, -0.15) is 5.10 Å². The number of halogens is 3. The van der Waals surface area contributed by atoms with Crippen molar-refractivity contribution in [3.63, 3.8) is 0 Å². The molecule has 152 valence electrons. The molecule has 0 fully saturated rings. The fourth-order valence-corrected chi connectivity index (χ4v) is 3.44. The number of alkyl halides is 3. The number of fused-ring (bicyclic) bond motifs is 1.